The molecule has 0 aromatic heterocycles. The first-order valence-corrected chi connectivity index (χ1v) is 13.3. The predicted molar refractivity (Wildman–Crippen MR) is 135 cm³/mol. The van der Waals surface area contributed by atoms with E-state index in [1.807, 2.05) is 6.92 Å². The van der Waals surface area contributed by atoms with E-state index in [0.717, 1.165) is 11.8 Å². The van der Waals surface area contributed by atoms with Gasteiger partial charge in [0.25, 0.3) is 0 Å². The van der Waals surface area contributed by atoms with E-state index in [1.165, 1.54) is 16.3 Å². The Kier molecular flexibility index (Phi) is 10.2. The van der Waals surface area contributed by atoms with E-state index >= 15 is 0 Å². The number of halogens is 1. The second kappa shape index (κ2) is 12.6. The lowest BCUT2D eigenvalue weighted by atomic mass is 10.1. The average Bonchev–Trinajstić information content (AvgIpc) is 2.80. The smallest absolute Gasteiger partial charge is 0.242 e. The first-order chi connectivity index (χ1) is 16.1. The molecular weight excluding hydrogens is 478 g/mol. The largest absolute Gasteiger partial charge is 0.492 e. The third kappa shape index (κ3) is 7.63. The number of likely N-dealkylation sites (N-methyl/N-ethyl adjacent to an activating group) is 1. The number of anilines is 1. The van der Waals surface area contributed by atoms with E-state index in [-0.39, 0.29) is 37.7 Å². The first-order valence-electron chi connectivity index (χ1n) is 11.0. The maximum Gasteiger partial charge on any atom is 0.242 e. The molecule has 0 aliphatic carbocycles. The second-order valence-corrected chi connectivity index (χ2v) is 10.1. The van der Waals surface area contributed by atoms with Crippen LogP contribution in [0.25, 0.3) is 0 Å². The molecule has 2 aromatic carbocycles. The third-order valence-corrected chi connectivity index (χ3v) is 6.70. The quantitative estimate of drug-likeness (QED) is 0.472. The van der Waals surface area contributed by atoms with Crippen LogP contribution in [0.5, 0.6) is 5.75 Å². The highest BCUT2D eigenvalue weighted by Gasteiger charge is 2.26. The number of nitrogens with zero attached hydrogens (tertiary/aromatic N) is 2. The van der Waals surface area contributed by atoms with Crippen molar-refractivity contribution in [1.82, 2.24) is 10.2 Å². The van der Waals surface area contributed by atoms with Crippen LogP contribution in [-0.2, 0) is 26.2 Å². The predicted octanol–water partition coefficient (Wildman–Crippen LogP) is 3.45. The summed E-state index contributed by atoms with van der Waals surface area (Å²) in [7, 11) is -2.09. The lowest BCUT2D eigenvalue weighted by molar-refractivity contribution is -0.140. The van der Waals surface area contributed by atoms with Crippen molar-refractivity contribution in [3.8, 4) is 5.75 Å². The van der Waals surface area contributed by atoms with E-state index < -0.39 is 16.1 Å². The Bertz CT molecular complexity index is 1080. The van der Waals surface area contributed by atoms with E-state index in [2.05, 4.69) is 5.32 Å². The number of para-hydroxylation sites is 2. The standard InChI is InChI=1S/C24H32ClN3O5S/c1-5-33-22-10-7-6-9-21(22)28(34(4,31)32)16-8-11-23(29)27(18(2)24(30)26-3)17-19-12-14-20(25)15-13-19/h6-7,9-10,12-15,18H,5,8,11,16-17H2,1-4H3,(H,26,30). The molecule has 0 aliphatic heterocycles. The van der Waals surface area contributed by atoms with Crippen molar-refractivity contribution in [3.63, 3.8) is 0 Å². The Balaban J connectivity index is 2.17. The Morgan fingerprint density at radius 1 is 1.12 bits per heavy atom. The van der Waals surface area contributed by atoms with E-state index in [1.54, 1.807) is 55.5 Å². The summed E-state index contributed by atoms with van der Waals surface area (Å²) in [5, 5.41) is 3.15. The molecule has 2 amide bonds. The summed E-state index contributed by atoms with van der Waals surface area (Å²) >= 11 is 5.96. The molecule has 0 aliphatic rings. The van der Waals surface area contributed by atoms with Crippen LogP contribution in [0.1, 0.15) is 32.3 Å². The molecule has 0 radical (unpaired) electrons. The van der Waals surface area contributed by atoms with Gasteiger partial charge in [0, 0.05) is 31.6 Å². The Labute approximate surface area is 206 Å². The van der Waals surface area contributed by atoms with Crippen LogP contribution in [0.2, 0.25) is 5.02 Å². The number of amides is 2. The average molecular weight is 510 g/mol. The van der Waals surface area contributed by atoms with Gasteiger partial charge in [0.2, 0.25) is 21.8 Å². The van der Waals surface area contributed by atoms with Gasteiger partial charge in [-0.05, 0) is 50.1 Å². The van der Waals surface area contributed by atoms with Crippen LogP contribution in [0.4, 0.5) is 5.69 Å². The number of ether oxygens (including phenoxy) is 1. The van der Waals surface area contributed by atoms with Gasteiger partial charge in [-0.2, -0.15) is 0 Å². The summed E-state index contributed by atoms with van der Waals surface area (Å²) in [4.78, 5) is 26.9. The number of carbonyl (C=O) groups is 2. The number of hydrogen-bond donors (Lipinski definition) is 1. The molecular formula is C24H32ClN3O5S. The number of sulfonamides is 1. The summed E-state index contributed by atoms with van der Waals surface area (Å²) in [6.45, 7) is 4.20. The minimum atomic E-state index is -3.61. The summed E-state index contributed by atoms with van der Waals surface area (Å²) < 4.78 is 31.9. The molecule has 0 bridgehead atoms. The Hall–Kier alpha value is -2.78. The maximum absolute atomic E-state index is 13.1. The first kappa shape index (κ1) is 27.5. The zero-order valence-electron chi connectivity index (χ0n) is 20.0. The molecule has 8 nitrogen and oxygen atoms in total. The van der Waals surface area contributed by atoms with Crippen molar-refractivity contribution in [2.45, 2.75) is 39.3 Å². The number of nitrogens with one attached hydrogen (secondary N) is 1. The number of benzene rings is 2. The molecule has 186 valence electrons. The summed E-state index contributed by atoms with van der Waals surface area (Å²) in [5.74, 6) is -0.0809. The SMILES string of the molecule is CCOc1ccccc1N(CCCC(=O)N(Cc1ccc(Cl)cc1)C(C)C(=O)NC)S(C)(=O)=O. The zero-order chi connectivity index (χ0) is 25.3. The monoisotopic (exact) mass is 509 g/mol. The van der Waals surface area contributed by atoms with Gasteiger partial charge < -0.3 is 15.0 Å². The van der Waals surface area contributed by atoms with Gasteiger partial charge >= 0.3 is 0 Å². The van der Waals surface area contributed by atoms with Crippen molar-refractivity contribution in [2.75, 3.05) is 30.8 Å². The van der Waals surface area contributed by atoms with Crippen LogP contribution in [0.15, 0.2) is 48.5 Å². The maximum atomic E-state index is 13.1. The lowest BCUT2D eigenvalue weighted by Gasteiger charge is -2.29. The fraction of sp³-hybridized carbons (Fsp3) is 0.417. The van der Waals surface area contributed by atoms with Gasteiger partial charge in [0.15, 0.2) is 0 Å². The topological polar surface area (TPSA) is 96.0 Å². The Morgan fingerprint density at radius 3 is 2.35 bits per heavy atom. The summed E-state index contributed by atoms with van der Waals surface area (Å²) in [5.41, 5.74) is 1.26. The van der Waals surface area contributed by atoms with Crippen molar-refractivity contribution >= 4 is 39.1 Å². The van der Waals surface area contributed by atoms with Crippen molar-refractivity contribution in [3.05, 3.63) is 59.1 Å². The molecule has 1 unspecified atom stereocenters. The highest BCUT2D eigenvalue weighted by molar-refractivity contribution is 7.92. The summed E-state index contributed by atoms with van der Waals surface area (Å²) in [6, 6.07) is 13.2. The fourth-order valence-electron chi connectivity index (χ4n) is 3.50. The van der Waals surface area contributed by atoms with Crippen LogP contribution in [0.3, 0.4) is 0 Å². The molecule has 2 rings (SSSR count). The molecule has 1 N–H and O–H groups in total. The van der Waals surface area contributed by atoms with Gasteiger partial charge in [0.05, 0.1) is 18.6 Å². The van der Waals surface area contributed by atoms with E-state index in [4.69, 9.17) is 16.3 Å². The van der Waals surface area contributed by atoms with Crippen LogP contribution < -0.4 is 14.4 Å². The van der Waals surface area contributed by atoms with E-state index in [9.17, 15) is 18.0 Å². The highest BCUT2D eigenvalue weighted by Crippen LogP contribution is 2.30. The minimum Gasteiger partial charge on any atom is -0.492 e. The number of rotatable bonds is 12. The third-order valence-electron chi connectivity index (χ3n) is 5.27. The zero-order valence-corrected chi connectivity index (χ0v) is 21.5. The van der Waals surface area contributed by atoms with Crippen LogP contribution in [-0.4, -0.2) is 57.6 Å². The Morgan fingerprint density at radius 2 is 1.76 bits per heavy atom. The molecule has 34 heavy (non-hydrogen) atoms. The summed E-state index contributed by atoms with van der Waals surface area (Å²) in [6.07, 6.45) is 1.46. The van der Waals surface area contributed by atoms with Gasteiger partial charge in [-0.25, -0.2) is 8.42 Å². The fourth-order valence-corrected chi connectivity index (χ4v) is 4.60. The molecule has 2 aromatic rings. The number of hydrogen-bond acceptors (Lipinski definition) is 5. The normalized spacial score (nSPS) is 12.0. The van der Waals surface area contributed by atoms with E-state index in [0.29, 0.717) is 23.1 Å². The number of carbonyl (C=O) groups excluding carboxylic acids is 2. The van der Waals surface area contributed by atoms with Gasteiger partial charge in [-0.1, -0.05) is 35.9 Å². The van der Waals surface area contributed by atoms with Crippen molar-refractivity contribution in [2.24, 2.45) is 0 Å². The molecule has 10 heteroatoms. The van der Waals surface area contributed by atoms with Crippen LogP contribution in [0, 0.1) is 0 Å². The molecule has 0 heterocycles. The van der Waals surface area contributed by atoms with Crippen molar-refractivity contribution in [1.29, 1.82) is 0 Å². The van der Waals surface area contributed by atoms with Crippen LogP contribution >= 0.6 is 11.6 Å². The lowest BCUT2D eigenvalue weighted by Crippen LogP contribution is -2.46. The van der Waals surface area contributed by atoms with Gasteiger partial charge in [-0.15, -0.1) is 0 Å². The van der Waals surface area contributed by atoms with Gasteiger partial charge in [0.1, 0.15) is 11.8 Å². The molecule has 0 saturated heterocycles. The second-order valence-electron chi connectivity index (χ2n) is 7.78. The molecule has 0 saturated carbocycles. The molecule has 1 atom stereocenters. The molecule has 0 fully saturated rings. The highest BCUT2D eigenvalue weighted by atomic mass is 35.5. The molecule has 0 spiro atoms. The minimum absolute atomic E-state index is 0.0672. The van der Waals surface area contributed by atoms with Gasteiger partial charge in [-0.3, -0.25) is 13.9 Å². The van der Waals surface area contributed by atoms with Crippen molar-refractivity contribution < 1.29 is 22.7 Å².